The van der Waals surface area contributed by atoms with E-state index in [-0.39, 0.29) is 12.2 Å². The van der Waals surface area contributed by atoms with Gasteiger partial charge >= 0.3 is 5.76 Å². The molecule has 3 rings (SSSR count). The first-order chi connectivity index (χ1) is 10.1. The maximum absolute atomic E-state index is 11.9. The van der Waals surface area contributed by atoms with Gasteiger partial charge in [-0.1, -0.05) is 12.1 Å². The zero-order valence-electron chi connectivity index (χ0n) is 10.9. The summed E-state index contributed by atoms with van der Waals surface area (Å²) in [6, 6.07) is 11.1. The van der Waals surface area contributed by atoms with Gasteiger partial charge in [-0.25, -0.2) is 4.79 Å². The molecule has 0 radical (unpaired) electrons. The summed E-state index contributed by atoms with van der Waals surface area (Å²) in [5.74, 6) is -0.526. The topological polar surface area (TPSA) is 104 Å². The van der Waals surface area contributed by atoms with Crippen molar-refractivity contribution in [1.82, 2.24) is 4.57 Å². The summed E-state index contributed by atoms with van der Waals surface area (Å²) in [6.45, 7) is 0.114. The highest BCUT2D eigenvalue weighted by Crippen LogP contribution is 2.22. The molecule has 0 aliphatic rings. The second-order valence-electron chi connectivity index (χ2n) is 4.56. The summed E-state index contributed by atoms with van der Waals surface area (Å²) in [6.07, 6.45) is 0. The van der Waals surface area contributed by atoms with Crippen molar-refractivity contribution in [3.63, 3.8) is 0 Å². The molecular weight excluding hydrogens is 274 g/mol. The van der Waals surface area contributed by atoms with Gasteiger partial charge in [0.15, 0.2) is 5.58 Å². The van der Waals surface area contributed by atoms with E-state index in [0.29, 0.717) is 22.4 Å². The van der Waals surface area contributed by atoms with Gasteiger partial charge < -0.3 is 10.2 Å². The Kier molecular flexibility index (Phi) is 2.94. The van der Waals surface area contributed by atoms with Crippen LogP contribution in [-0.2, 0) is 6.54 Å². The third-order valence-corrected chi connectivity index (χ3v) is 3.24. The molecule has 2 N–H and O–H groups in total. The van der Waals surface area contributed by atoms with E-state index in [2.05, 4.69) is 0 Å². The molecule has 0 fully saturated rings. The quantitative estimate of drug-likeness (QED) is 0.451. The van der Waals surface area contributed by atoms with Gasteiger partial charge in [-0.3, -0.25) is 14.7 Å². The van der Waals surface area contributed by atoms with Crippen LogP contribution in [0.15, 0.2) is 51.7 Å². The van der Waals surface area contributed by atoms with Crippen molar-refractivity contribution in [1.29, 1.82) is 0 Å². The number of oxazole rings is 1. The van der Waals surface area contributed by atoms with Crippen LogP contribution in [0.4, 0.5) is 11.4 Å². The third kappa shape index (κ3) is 2.25. The lowest BCUT2D eigenvalue weighted by atomic mass is 10.1. The number of nitrogens with zero attached hydrogens (tertiary/aromatic N) is 2. The molecule has 7 heteroatoms. The lowest BCUT2D eigenvalue weighted by molar-refractivity contribution is -0.384. The predicted molar refractivity (Wildman–Crippen MR) is 77.1 cm³/mol. The number of anilines is 1. The number of benzene rings is 2. The highest BCUT2D eigenvalue weighted by atomic mass is 16.6. The molecule has 2 aromatic carbocycles. The first-order valence-electron chi connectivity index (χ1n) is 6.17. The van der Waals surface area contributed by atoms with Crippen molar-refractivity contribution in [2.75, 3.05) is 5.73 Å². The molecule has 0 amide bonds. The summed E-state index contributed by atoms with van der Waals surface area (Å²) < 4.78 is 6.52. The largest absolute Gasteiger partial charge is 0.420 e. The highest BCUT2D eigenvalue weighted by molar-refractivity contribution is 5.72. The third-order valence-electron chi connectivity index (χ3n) is 3.24. The second-order valence-corrected chi connectivity index (χ2v) is 4.56. The van der Waals surface area contributed by atoms with Crippen LogP contribution in [0.3, 0.4) is 0 Å². The average Bonchev–Trinajstić information content (AvgIpc) is 2.77. The SMILES string of the molecule is Nc1ccc([N+](=O)[O-])cc1Cn1c(=O)oc2ccccc21. The minimum absolute atomic E-state index is 0.0694. The van der Waals surface area contributed by atoms with Gasteiger partial charge in [0.2, 0.25) is 0 Å². The summed E-state index contributed by atoms with van der Waals surface area (Å²) in [5.41, 5.74) is 7.73. The highest BCUT2D eigenvalue weighted by Gasteiger charge is 2.13. The lowest BCUT2D eigenvalue weighted by Gasteiger charge is -2.06. The first-order valence-corrected chi connectivity index (χ1v) is 6.17. The summed E-state index contributed by atoms with van der Waals surface area (Å²) in [4.78, 5) is 22.2. The molecule has 0 unspecified atom stereocenters. The Bertz CT molecular complexity index is 895. The molecule has 0 aliphatic carbocycles. The van der Waals surface area contributed by atoms with Crippen LogP contribution in [0.1, 0.15) is 5.56 Å². The first kappa shape index (κ1) is 12.9. The average molecular weight is 285 g/mol. The number of nitrogen functional groups attached to an aromatic ring is 1. The van der Waals surface area contributed by atoms with Gasteiger partial charge in [0.1, 0.15) is 0 Å². The van der Waals surface area contributed by atoms with Crippen LogP contribution in [0.25, 0.3) is 11.1 Å². The molecule has 0 saturated heterocycles. The fraction of sp³-hybridized carbons (Fsp3) is 0.0714. The van der Waals surface area contributed by atoms with Crippen molar-refractivity contribution in [3.8, 4) is 0 Å². The molecule has 3 aromatic rings. The van der Waals surface area contributed by atoms with Gasteiger partial charge in [-0.15, -0.1) is 0 Å². The molecule has 21 heavy (non-hydrogen) atoms. The van der Waals surface area contributed by atoms with Gasteiger partial charge in [0, 0.05) is 23.4 Å². The standard InChI is InChI=1S/C14H11N3O4/c15-11-6-5-10(17(19)20)7-9(11)8-16-12-3-1-2-4-13(12)21-14(16)18/h1-7H,8,15H2. The monoisotopic (exact) mass is 285 g/mol. The Morgan fingerprint density at radius 3 is 2.76 bits per heavy atom. The van der Waals surface area contributed by atoms with E-state index < -0.39 is 10.7 Å². The number of non-ortho nitro benzene ring substituents is 1. The predicted octanol–water partition coefficient (Wildman–Crippen LogP) is 2.13. The number of nitrogens with two attached hydrogens (primary N) is 1. The van der Waals surface area contributed by atoms with Crippen molar-refractivity contribution >= 4 is 22.5 Å². The van der Waals surface area contributed by atoms with E-state index >= 15 is 0 Å². The van der Waals surface area contributed by atoms with Crippen LogP contribution in [0.5, 0.6) is 0 Å². The number of hydrogen-bond acceptors (Lipinski definition) is 5. The fourth-order valence-corrected chi connectivity index (χ4v) is 2.18. The smallest absolute Gasteiger partial charge is 0.408 e. The molecular formula is C14H11N3O4. The number of aromatic nitrogens is 1. The molecule has 0 spiro atoms. The van der Waals surface area contributed by atoms with Gasteiger partial charge in [0.25, 0.3) is 5.69 Å². The van der Waals surface area contributed by atoms with E-state index in [0.717, 1.165) is 0 Å². The normalized spacial score (nSPS) is 10.9. The summed E-state index contributed by atoms with van der Waals surface area (Å²) in [5, 5.41) is 10.8. The van der Waals surface area contributed by atoms with Gasteiger partial charge in [0.05, 0.1) is 17.0 Å². The van der Waals surface area contributed by atoms with Crippen LogP contribution >= 0.6 is 0 Å². The molecule has 7 nitrogen and oxygen atoms in total. The molecule has 0 aliphatic heterocycles. The maximum atomic E-state index is 11.9. The van der Waals surface area contributed by atoms with E-state index in [1.54, 1.807) is 24.3 Å². The number of fused-ring (bicyclic) bond motifs is 1. The van der Waals surface area contributed by atoms with Crippen LogP contribution in [0, 0.1) is 10.1 Å². The number of para-hydroxylation sites is 2. The van der Waals surface area contributed by atoms with Crippen LogP contribution < -0.4 is 11.5 Å². The molecule has 106 valence electrons. The Labute approximate surface area is 118 Å². The number of nitro groups is 1. The lowest BCUT2D eigenvalue weighted by Crippen LogP contribution is -2.15. The van der Waals surface area contributed by atoms with E-state index in [9.17, 15) is 14.9 Å². The van der Waals surface area contributed by atoms with Crippen molar-refractivity contribution < 1.29 is 9.34 Å². The van der Waals surface area contributed by atoms with Gasteiger partial charge in [-0.05, 0) is 18.2 Å². The number of nitro benzene ring substituents is 1. The maximum Gasteiger partial charge on any atom is 0.420 e. The molecule has 1 aromatic heterocycles. The molecule has 0 atom stereocenters. The molecule has 0 saturated carbocycles. The number of rotatable bonds is 3. The molecule has 1 heterocycles. The van der Waals surface area contributed by atoms with Crippen molar-refractivity contribution in [3.05, 3.63) is 68.7 Å². The minimum atomic E-state index is -0.526. The Balaban J connectivity index is 2.10. The minimum Gasteiger partial charge on any atom is -0.408 e. The Morgan fingerprint density at radius 2 is 2.00 bits per heavy atom. The zero-order chi connectivity index (χ0) is 15.0. The fourth-order valence-electron chi connectivity index (χ4n) is 2.18. The van der Waals surface area contributed by atoms with Crippen LogP contribution in [-0.4, -0.2) is 9.49 Å². The van der Waals surface area contributed by atoms with Crippen molar-refractivity contribution in [2.24, 2.45) is 0 Å². The second kappa shape index (κ2) is 4.78. The van der Waals surface area contributed by atoms with E-state index in [1.807, 2.05) is 0 Å². The number of hydrogen-bond donors (Lipinski definition) is 1. The van der Waals surface area contributed by atoms with E-state index in [1.165, 1.54) is 22.8 Å². The Morgan fingerprint density at radius 1 is 1.24 bits per heavy atom. The molecule has 0 bridgehead atoms. The summed E-state index contributed by atoms with van der Waals surface area (Å²) >= 11 is 0. The van der Waals surface area contributed by atoms with Crippen molar-refractivity contribution in [2.45, 2.75) is 6.54 Å². The van der Waals surface area contributed by atoms with Crippen LogP contribution in [0.2, 0.25) is 0 Å². The zero-order valence-corrected chi connectivity index (χ0v) is 10.9. The van der Waals surface area contributed by atoms with Gasteiger partial charge in [-0.2, -0.15) is 0 Å². The summed E-state index contributed by atoms with van der Waals surface area (Å²) in [7, 11) is 0. The van der Waals surface area contributed by atoms with E-state index in [4.69, 9.17) is 10.2 Å². The Hall–Kier alpha value is -3.09.